The molecule has 2 amide bonds. The molecule has 9 heteroatoms. The monoisotopic (exact) mass is 202 g/mol. The van der Waals surface area contributed by atoms with Crippen LogP contribution in [0, 0.1) is 10.1 Å². The zero-order valence-corrected chi connectivity index (χ0v) is 6.33. The first kappa shape index (κ1) is 9.64. The number of carboxylic acid groups (broad SMARTS) is 1. The van der Waals surface area contributed by atoms with Crippen LogP contribution in [0.5, 0.6) is 0 Å². The Kier molecular flexibility index (Phi) is 1.92. The van der Waals surface area contributed by atoms with Crippen molar-refractivity contribution in [3.05, 3.63) is 21.4 Å². The molecule has 0 bridgehead atoms. The second-order valence-electron chi connectivity index (χ2n) is 2.19. The van der Waals surface area contributed by atoms with Crippen LogP contribution in [0.25, 0.3) is 0 Å². The van der Waals surface area contributed by atoms with Gasteiger partial charge in [0.05, 0.1) is 0 Å². The summed E-state index contributed by atoms with van der Waals surface area (Å²) in [5.41, 5.74) is -1.30. The van der Waals surface area contributed by atoms with Crippen LogP contribution in [0.1, 0.15) is 0 Å². The Morgan fingerprint density at radius 2 is 1.86 bits per heavy atom. The molecule has 0 aliphatic carbocycles. The predicted molar refractivity (Wildman–Crippen MR) is 36.1 cm³/mol. The summed E-state index contributed by atoms with van der Waals surface area (Å²) in [6.45, 7) is 0. The number of nitrogens with zero attached hydrogens (tertiary/aromatic N) is 2. The Hall–Kier alpha value is -2.45. The minimum absolute atomic E-state index is 0.571. The molecule has 1 heterocycles. The lowest BCUT2D eigenvalue weighted by molar-refractivity contribution is -0.612. The second-order valence-corrected chi connectivity index (χ2v) is 2.19. The van der Waals surface area contributed by atoms with Gasteiger partial charge in [-0.15, -0.1) is 0 Å². The summed E-state index contributed by atoms with van der Waals surface area (Å²) in [6, 6.07) is 0. The number of rotatable bonds is 2. The molecule has 0 fully saturated rings. The normalized spacial score (nSPS) is 16.4. The van der Waals surface area contributed by atoms with Gasteiger partial charge in [0.15, 0.2) is 10.6 Å². The summed E-state index contributed by atoms with van der Waals surface area (Å²) in [7, 11) is 0. The molecule has 0 saturated carbocycles. The number of carboxylic acids is 1. The summed E-state index contributed by atoms with van der Waals surface area (Å²) in [5, 5.41) is 25.2. The maximum atomic E-state index is 10.9. The first-order valence-corrected chi connectivity index (χ1v) is 3.07. The first-order chi connectivity index (χ1) is 6.37. The number of hydrogen-bond acceptors (Lipinski definition) is 6. The van der Waals surface area contributed by atoms with Crippen LogP contribution in [0.4, 0.5) is 0 Å². The summed E-state index contributed by atoms with van der Waals surface area (Å²) < 4.78 is 0. The van der Waals surface area contributed by atoms with Crippen molar-refractivity contribution in [2.45, 2.75) is 0 Å². The van der Waals surface area contributed by atoms with Crippen LogP contribution in [-0.2, 0) is 14.4 Å². The lowest BCUT2D eigenvalue weighted by Gasteiger charge is -1.99. The van der Waals surface area contributed by atoms with E-state index in [4.69, 9.17) is 10.2 Å². The van der Waals surface area contributed by atoms with Crippen molar-refractivity contribution in [3.63, 3.8) is 0 Å². The molecule has 0 spiro atoms. The van der Waals surface area contributed by atoms with Crippen LogP contribution in [-0.4, -0.2) is 38.0 Å². The molecule has 1 rings (SSSR count). The molecular weight excluding hydrogens is 200 g/mol. The molecule has 2 N–H and O–H groups in total. The molecule has 74 valence electrons. The number of aliphatic hydroxyl groups excluding tert-OH is 1. The number of hydrazine groups is 1. The Morgan fingerprint density at radius 3 is 2.07 bits per heavy atom. The molecule has 0 radical (unpaired) electrons. The van der Waals surface area contributed by atoms with E-state index in [-0.39, 0.29) is 0 Å². The molecule has 0 saturated heterocycles. The van der Waals surface area contributed by atoms with Crippen molar-refractivity contribution in [2.24, 2.45) is 0 Å². The van der Waals surface area contributed by atoms with E-state index < -0.39 is 39.2 Å². The highest BCUT2D eigenvalue weighted by Gasteiger charge is 2.49. The van der Waals surface area contributed by atoms with Gasteiger partial charge in [0.1, 0.15) is 0 Å². The maximum absolute atomic E-state index is 10.9. The number of amides is 2. The Labute approximate surface area is 75.0 Å². The fourth-order valence-corrected chi connectivity index (χ4v) is 0.848. The third-order valence-corrected chi connectivity index (χ3v) is 1.42. The van der Waals surface area contributed by atoms with Crippen LogP contribution < -0.4 is 0 Å². The van der Waals surface area contributed by atoms with E-state index in [9.17, 15) is 24.5 Å². The van der Waals surface area contributed by atoms with E-state index in [0.29, 0.717) is 0 Å². The third-order valence-electron chi connectivity index (χ3n) is 1.42. The quantitative estimate of drug-likeness (QED) is 0.239. The molecule has 1 aliphatic heterocycles. The average Bonchev–Trinajstić information content (AvgIpc) is 2.23. The van der Waals surface area contributed by atoms with Gasteiger partial charge in [0.2, 0.25) is 5.76 Å². The van der Waals surface area contributed by atoms with Crippen LogP contribution in [0.15, 0.2) is 11.3 Å². The summed E-state index contributed by atoms with van der Waals surface area (Å²) >= 11 is 0. The summed E-state index contributed by atoms with van der Waals surface area (Å²) in [5.74, 6) is -6.65. The zero-order chi connectivity index (χ0) is 11.0. The minimum Gasteiger partial charge on any atom is -0.502 e. The van der Waals surface area contributed by atoms with E-state index in [1.165, 1.54) is 0 Å². The number of nitro groups is 1. The standard InChI is InChI=1S/C5H2N2O7/c8-2-1(5(11)12)3(9)6(4(2)10)7(13)14/h8H,(H,11,12). The largest absolute Gasteiger partial charge is 0.502 e. The molecule has 0 unspecified atom stereocenters. The highest BCUT2D eigenvalue weighted by Crippen LogP contribution is 2.18. The van der Waals surface area contributed by atoms with E-state index in [1.54, 1.807) is 0 Å². The highest BCUT2D eigenvalue weighted by atomic mass is 16.7. The molecule has 0 atom stereocenters. The van der Waals surface area contributed by atoms with Gasteiger partial charge in [-0.1, -0.05) is 0 Å². The van der Waals surface area contributed by atoms with Crippen molar-refractivity contribution in [1.82, 2.24) is 5.01 Å². The van der Waals surface area contributed by atoms with Gasteiger partial charge < -0.3 is 10.2 Å². The SMILES string of the molecule is O=C(O)C1=C(O)C(=O)N([N+](=O)[O-])C1=O. The topological polar surface area (TPSA) is 138 Å². The van der Waals surface area contributed by atoms with Gasteiger partial charge in [-0.2, -0.15) is 0 Å². The fraction of sp³-hybridized carbons (Fsp3) is 0. The number of imide groups is 1. The summed E-state index contributed by atoms with van der Waals surface area (Å²) in [4.78, 5) is 42.0. The fourth-order valence-electron chi connectivity index (χ4n) is 0.848. The Morgan fingerprint density at radius 1 is 1.36 bits per heavy atom. The van der Waals surface area contributed by atoms with Gasteiger partial charge in [0, 0.05) is 5.01 Å². The zero-order valence-electron chi connectivity index (χ0n) is 6.33. The van der Waals surface area contributed by atoms with Gasteiger partial charge in [0.25, 0.3) is 0 Å². The van der Waals surface area contributed by atoms with Crippen LogP contribution in [0.3, 0.4) is 0 Å². The van der Waals surface area contributed by atoms with Gasteiger partial charge in [-0.25, -0.2) is 14.9 Å². The molecule has 0 aromatic rings. The van der Waals surface area contributed by atoms with Crippen molar-refractivity contribution < 1.29 is 29.6 Å². The average molecular weight is 202 g/mol. The van der Waals surface area contributed by atoms with E-state index in [1.807, 2.05) is 0 Å². The lowest BCUT2D eigenvalue weighted by Crippen LogP contribution is -2.37. The molecule has 0 aromatic carbocycles. The van der Waals surface area contributed by atoms with Crippen molar-refractivity contribution in [1.29, 1.82) is 0 Å². The van der Waals surface area contributed by atoms with E-state index >= 15 is 0 Å². The maximum Gasteiger partial charge on any atom is 0.359 e. The number of aliphatic carboxylic acids is 1. The van der Waals surface area contributed by atoms with E-state index in [0.717, 1.165) is 0 Å². The Balaban J connectivity index is 3.24. The Bertz CT molecular complexity index is 395. The third kappa shape index (κ3) is 1.07. The minimum atomic E-state index is -1.90. The first-order valence-electron chi connectivity index (χ1n) is 3.07. The number of hydrogen-bond donors (Lipinski definition) is 2. The number of aliphatic hydroxyl groups is 1. The summed E-state index contributed by atoms with van der Waals surface area (Å²) in [6.07, 6.45) is 0. The molecule has 14 heavy (non-hydrogen) atoms. The number of carbonyl (C=O) groups excluding carboxylic acids is 2. The smallest absolute Gasteiger partial charge is 0.359 e. The van der Waals surface area contributed by atoms with Crippen molar-refractivity contribution >= 4 is 17.8 Å². The highest BCUT2D eigenvalue weighted by molar-refractivity contribution is 6.28. The van der Waals surface area contributed by atoms with E-state index in [2.05, 4.69) is 0 Å². The molecule has 9 nitrogen and oxygen atoms in total. The molecular formula is C5H2N2O7. The molecule has 1 aliphatic rings. The van der Waals surface area contributed by atoms with Crippen molar-refractivity contribution in [3.8, 4) is 0 Å². The van der Waals surface area contributed by atoms with Gasteiger partial charge >= 0.3 is 17.8 Å². The van der Waals surface area contributed by atoms with Crippen LogP contribution in [0.2, 0.25) is 0 Å². The predicted octanol–water partition coefficient (Wildman–Crippen LogP) is -1.56. The second kappa shape index (κ2) is 2.80. The molecule has 0 aromatic heterocycles. The lowest BCUT2D eigenvalue weighted by atomic mass is 10.2. The van der Waals surface area contributed by atoms with Gasteiger partial charge in [-0.05, 0) is 0 Å². The number of carbonyl (C=O) groups is 3. The van der Waals surface area contributed by atoms with Crippen LogP contribution >= 0.6 is 0 Å². The van der Waals surface area contributed by atoms with Crippen molar-refractivity contribution in [2.75, 3.05) is 0 Å². The van der Waals surface area contributed by atoms with Gasteiger partial charge in [-0.3, -0.25) is 9.59 Å².